The standard InChI is InChI=1S/C29H24Cl3F3N4O3S/c1-17-4-8-23(9-5-17)43(41,42)38(22-7-10-25(31)24(14-22)29(33,34)35)16-28(40)37-36-15-20-12-18(2)39(19(20)3)27-11-6-21(30)13-26(27)32/h4-15H,16H2,1-3H3,(H,37,40)/b36-15-. The van der Waals surface area contributed by atoms with Crippen molar-refractivity contribution < 1.29 is 26.4 Å². The fraction of sp³-hybridized carbons (Fsp3) is 0.172. The van der Waals surface area contributed by atoms with Gasteiger partial charge in [0.25, 0.3) is 15.9 Å². The lowest BCUT2D eigenvalue weighted by molar-refractivity contribution is -0.137. The van der Waals surface area contributed by atoms with E-state index in [-0.39, 0.29) is 4.90 Å². The minimum absolute atomic E-state index is 0.216. The van der Waals surface area contributed by atoms with E-state index in [0.29, 0.717) is 31.7 Å². The molecule has 0 fully saturated rings. The molecule has 1 N–H and O–H groups in total. The molecule has 7 nitrogen and oxygen atoms in total. The monoisotopic (exact) mass is 670 g/mol. The van der Waals surface area contributed by atoms with Crippen molar-refractivity contribution >= 4 is 62.6 Å². The first-order valence-corrected chi connectivity index (χ1v) is 15.1. The van der Waals surface area contributed by atoms with Gasteiger partial charge in [-0.15, -0.1) is 0 Å². The molecule has 0 aliphatic carbocycles. The third-order valence-corrected chi connectivity index (χ3v) is 9.11. The molecule has 0 saturated carbocycles. The molecule has 4 aromatic rings. The van der Waals surface area contributed by atoms with Crippen LogP contribution in [0.25, 0.3) is 5.69 Å². The molecule has 0 unspecified atom stereocenters. The SMILES string of the molecule is Cc1ccc(S(=O)(=O)N(CC(=O)N/N=C\c2cc(C)n(-c3ccc(Cl)cc3Cl)c2C)c2ccc(Cl)c(C(F)(F)F)c2)cc1. The van der Waals surface area contributed by atoms with Gasteiger partial charge in [0, 0.05) is 22.0 Å². The van der Waals surface area contributed by atoms with Crippen molar-refractivity contribution in [1.82, 2.24) is 9.99 Å². The summed E-state index contributed by atoms with van der Waals surface area (Å²) in [5, 5.41) is 4.25. The van der Waals surface area contributed by atoms with Crippen LogP contribution in [0.1, 0.15) is 28.1 Å². The summed E-state index contributed by atoms with van der Waals surface area (Å²) in [5.74, 6) is -0.898. The van der Waals surface area contributed by atoms with Gasteiger partial charge in [-0.05, 0) is 75.4 Å². The van der Waals surface area contributed by atoms with Gasteiger partial charge in [0.15, 0.2) is 0 Å². The molecule has 43 heavy (non-hydrogen) atoms. The molecule has 14 heteroatoms. The van der Waals surface area contributed by atoms with Crippen LogP contribution < -0.4 is 9.73 Å². The van der Waals surface area contributed by atoms with E-state index in [1.807, 2.05) is 18.4 Å². The summed E-state index contributed by atoms with van der Waals surface area (Å²) in [6.07, 6.45) is -3.50. The molecule has 3 aromatic carbocycles. The van der Waals surface area contributed by atoms with Crippen molar-refractivity contribution in [2.24, 2.45) is 5.10 Å². The lowest BCUT2D eigenvalue weighted by Crippen LogP contribution is -2.39. The Morgan fingerprint density at radius 2 is 1.63 bits per heavy atom. The van der Waals surface area contributed by atoms with Gasteiger partial charge in [-0.25, -0.2) is 13.8 Å². The quantitative estimate of drug-likeness (QED) is 0.154. The second kappa shape index (κ2) is 12.6. The Morgan fingerprint density at radius 3 is 2.26 bits per heavy atom. The Kier molecular flexibility index (Phi) is 9.51. The Balaban J connectivity index is 1.63. The van der Waals surface area contributed by atoms with Gasteiger partial charge in [0.2, 0.25) is 0 Å². The average molecular weight is 672 g/mol. The number of aryl methyl sites for hydroxylation is 2. The number of rotatable bonds is 8. The van der Waals surface area contributed by atoms with Crippen molar-refractivity contribution in [2.45, 2.75) is 31.8 Å². The highest BCUT2D eigenvalue weighted by Gasteiger charge is 2.35. The minimum atomic E-state index is -4.86. The number of benzene rings is 3. The average Bonchev–Trinajstić information content (AvgIpc) is 3.19. The molecular formula is C29H24Cl3F3N4O3S. The lowest BCUT2D eigenvalue weighted by Gasteiger charge is -2.25. The van der Waals surface area contributed by atoms with E-state index in [9.17, 15) is 26.4 Å². The molecule has 1 aromatic heterocycles. The summed E-state index contributed by atoms with van der Waals surface area (Å²) in [4.78, 5) is 12.7. The van der Waals surface area contributed by atoms with E-state index in [0.717, 1.165) is 29.1 Å². The second-order valence-electron chi connectivity index (χ2n) is 9.54. The van der Waals surface area contributed by atoms with Crippen LogP contribution in [-0.4, -0.2) is 31.7 Å². The molecule has 0 aliphatic rings. The van der Waals surface area contributed by atoms with Crippen LogP contribution >= 0.6 is 34.8 Å². The Bertz CT molecular complexity index is 1820. The Labute approximate surface area is 261 Å². The Hall–Kier alpha value is -3.51. The number of nitrogens with zero attached hydrogens (tertiary/aromatic N) is 3. The number of anilines is 1. The van der Waals surface area contributed by atoms with Crippen molar-refractivity contribution in [2.75, 3.05) is 10.8 Å². The van der Waals surface area contributed by atoms with Crippen molar-refractivity contribution in [1.29, 1.82) is 0 Å². The van der Waals surface area contributed by atoms with E-state index in [4.69, 9.17) is 34.8 Å². The van der Waals surface area contributed by atoms with Crippen LogP contribution in [0.5, 0.6) is 0 Å². The molecule has 0 bridgehead atoms. The molecule has 1 amide bonds. The summed E-state index contributed by atoms with van der Waals surface area (Å²) >= 11 is 18.1. The first-order chi connectivity index (χ1) is 20.1. The van der Waals surface area contributed by atoms with Crippen LogP contribution in [0.2, 0.25) is 15.1 Å². The summed E-state index contributed by atoms with van der Waals surface area (Å²) < 4.78 is 70.3. The summed E-state index contributed by atoms with van der Waals surface area (Å²) in [6, 6.07) is 15.2. The fourth-order valence-electron chi connectivity index (χ4n) is 4.33. The number of amides is 1. The van der Waals surface area contributed by atoms with Gasteiger partial charge in [-0.1, -0.05) is 52.5 Å². The van der Waals surface area contributed by atoms with Gasteiger partial charge in [0.1, 0.15) is 6.54 Å². The number of aromatic nitrogens is 1. The third kappa shape index (κ3) is 7.18. The molecule has 0 aliphatic heterocycles. The zero-order valence-electron chi connectivity index (χ0n) is 22.9. The van der Waals surface area contributed by atoms with Crippen LogP contribution in [0.3, 0.4) is 0 Å². The molecule has 0 spiro atoms. The van der Waals surface area contributed by atoms with Crippen LogP contribution in [0.4, 0.5) is 18.9 Å². The predicted molar refractivity (Wildman–Crippen MR) is 163 cm³/mol. The van der Waals surface area contributed by atoms with Gasteiger partial charge < -0.3 is 4.57 Å². The first kappa shape index (κ1) is 32.4. The third-order valence-electron chi connectivity index (χ3n) is 6.45. The molecular weight excluding hydrogens is 648 g/mol. The normalized spacial score (nSPS) is 12.1. The maximum Gasteiger partial charge on any atom is 0.417 e. The molecule has 0 saturated heterocycles. The van der Waals surface area contributed by atoms with Gasteiger partial charge in [-0.2, -0.15) is 18.3 Å². The van der Waals surface area contributed by atoms with Gasteiger partial charge >= 0.3 is 6.18 Å². The second-order valence-corrected chi connectivity index (χ2v) is 12.7. The highest BCUT2D eigenvalue weighted by molar-refractivity contribution is 7.92. The number of hydrogen-bond acceptors (Lipinski definition) is 4. The highest BCUT2D eigenvalue weighted by atomic mass is 35.5. The molecule has 0 radical (unpaired) electrons. The number of halogens is 6. The van der Waals surface area contributed by atoms with E-state index in [1.54, 1.807) is 31.2 Å². The predicted octanol–water partition coefficient (Wildman–Crippen LogP) is 7.73. The number of carbonyl (C=O) groups is 1. The van der Waals surface area contributed by atoms with E-state index in [2.05, 4.69) is 10.5 Å². The highest BCUT2D eigenvalue weighted by Crippen LogP contribution is 2.38. The molecule has 226 valence electrons. The number of nitrogens with one attached hydrogen (secondary N) is 1. The lowest BCUT2D eigenvalue weighted by atomic mass is 10.2. The van der Waals surface area contributed by atoms with Crippen molar-refractivity contribution in [3.05, 3.63) is 110 Å². The van der Waals surface area contributed by atoms with Crippen molar-refractivity contribution in [3.8, 4) is 5.69 Å². The minimum Gasteiger partial charge on any atom is -0.316 e. The topological polar surface area (TPSA) is 83.8 Å². The maximum absolute atomic E-state index is 13.6. The van der Waals surface area contributed by atoms with E-state index >= 15 is 0 Å². The van der Waals surface area contributed by atoms with Crippen LogP contribution in [0.15, 0.2) is 76.7 Å². The van der Waals surface area contributed by atoms with Crippen molar-refractivity contribution in [3.63, 3.8) is 0 Å². The van der Waals surface area contributed by atoms with Gasteiger partial charge in [0.05, 0.1) is 38.1 Å². The zero-order chi connectivity index (χ0) is 31.7. The van der Waals surface area contributed by atoms with E-state index < -0.39 is 44.9 Å². The number of hydrogen-bond donors (Lipinski definition) is 1. The number of hydrazone groups is 1. The number of sulfonamides is 1. The zero-order valence-corrected chi connectivity index (χ0v) is 26.0. The summed E-state index contributed by atoms with van der Waals surface area (Å²) in [5.41, 5.74) is 4.24. The first-order valence-electron chi connectivity index (χ1n) is 12.5. The van der Waals surface area contributed by atoms with Crippen LogP contribution in [0, 0.1) is 20.8 Å². The number of carbonyl (C=O) groups excluding carboxylic acids is 1. The fourth-order valence-corrected chi connectivity index (χ4v) is 6.46. The largest absolute Gasteiger partial charge is 0.417 e. The smallest absolute Gasteiger partial charge is 0.316 e. The number of alkyl halides is 3. The Morgan fingerprint density at radius 1 is 0.953 bits per heavy atom. The summed E-state index contributed by atoms with van der Waals surface area (Å²) in [6.45, 7) is 4.54. The summed E-state index contributed by atoms with van der Waals surface area (Å²) in [7, 11) is -4.48. The molecule has 4 rings (SSSR count). The molecule has 1 heterocycles. The van der Waals surface area contributed by atoms with Crippen LogP contribution in [-0.2, 0) is 21.0 Å². The van der Waals surface area contributed by atoms with Gasteiger partial charge in [-0.3, -0.25) is 9.10 Å². The van der Waals surface area contributed by atoms with E-state index in [1.165, 1.54) is 30.5 Å². The molecule has 0 atom stereocenters. The maximum atomic E-state index is 13.6.